The minimum atomic E-state index is -0.784. The summed E-state index contributed by atoms with van der Waals surface area (Å²) >= 11 is 0. The van der Waals surface area contributed by atoms with Gasteiger partial charge in [-0.1, -0.05) is 56.3 Å². The monoisotopic (exact) mass is 495 g/mol. The molecule has 188 valence electrons. The van der Waals surface area contributed by atoms with E-state index in [1.54, 1.807) is 30.3 Å². The molecule has 4 aromatic rings. The number of aryl methyl sites for hydroxylation is 1. The average Bonchev–Trinajstić information content (AvgIpc) is 3.49. The molecular weight excluding hydrogens is 466 g/mol. The number of furan rings is 1. The van der Waals surface area contributed by atoms with E-state index in [1.807, 2.05) is 49.4 Å². The summed E-state index contributed by atoms with van der Waals surface area (Å²) in [6.07, 6.45) is 1.53. The predicted octanol–water partition coefficient (Wildman–Crippen LogP) is 6.40. The van der Waals surface area contributed by atoms with Crippen molar-refractivity contribution in [1.29, 1.82) is 0 Å². The molecule has 1 unspecified atom stereocenters. The van der Waals surface area contributed by atoms with Crippen molar-refractivity contribution in [1.82, 2.24) is 4.90 Å². The zero-order valence-corrected chi connectivity index (χ0v) is 21.1. The molecular formula is C31H29NO5. The Morgan fingerprint density at radius 1 is 1.03 bits per heavy atom. The van der Waals surface area contributed by atoms with Gasteiger partial charge in [-0.05, 0) is 65.1 Å². The van der Waals surface area contributed by atoms with Crippen LogP contribution in [0.4, 0.5) is 0 Å². The summed E-state index contributed by atoms with van der Waals surface area (Å²) in [7, 11) is 0. The van der Waals surface area contributed by atoms with Crippen LogP contribution in [0.3, 0.4) is 0 Å². The van der Waals surface area contributed by atoms with E-state index in [9.17, 15) is 14.7 Å². The highest BCUT2D eigenvalue weighted by Gasteiger charge is 2.46. The van der Waals surface area contributed by atoms with E-state index in [-0.39, 0.29) is 17.9 Å². The van der Waals surface area contributed by atoms with Crippen molar-refractivity contribution in [3.8, 4) is 5.75 Å². The van der Waals surface area contributed by atoms with Crippen LogP contribution >= 0.6 is 0 Å². The molecule has 0 bridgehead atoms. The van der Waals surface area contributed by atoms with Crippen molar-refractivity contribution in [3.05, 3.63) is 107 Å². The summed E-state index contributed by atoms with van der Waals surface area (Å²) in [5, 5.41) is 13.4. The highest BCUT2D eigenvalue weighted by Crippen LogP contribution is 2.43. The number of likely N-dealkylation sites (tertiary alicyclic amines) is 1. The molecule has 1 saturated heterocycles. The van der Waals surface area contributed by atoms with Crippen LogP contribution in [0.1, 0.15) is 42.3 Å². The van der Waals surface area contributed by atoms with Gasteiger partial charge in [0.15, 0.2) is 0 Å². The number of hydrogen-bond donors (Lipinski definition) is 1. The molecule has 5 rings (SSSR count). The second-order valence-corrected chi connectivity index (χ2v) is 9.76. The van der Waals surface area contributed by atoms with Gasteiger partial charge in [0.05, 0.1) is 31.0 Å². The van der Waals surface area contributed by atoms with E-state index in [4.69, 9.17) is 9.15 Å². The van der Waals surface area contributed by atoms with Gasteiger partial charge < -0.3 is 19.2 Å². The Balaban J connectivity index is 1.65. The Hall–Kier alpha value is -4.32. The van der Waals surface area contributed by atoms with Crippen LogP contribution in [0, 0.1) is 12.8 Å². The number of ether oxygens (including phenoxy) is 1. The summed E-state index contributed by atoms with van der Waals surface area (Å²) in [5.41, 5.74) is 2.11. The molecule has 1 aliphatic rings. The van der Waals surface area contributed by atoms with E-state index in [1.165, 1.54) is 11.2 Å². The van der Waals surface area contributed by atoms with E-state index in [0.717, 1.165) is 21.9 Å². The summed E-state index contributed by atoms with van der Waals surface area (Å²) < 4.78 is 11.4. The van der Waals surface area contributed by atoms with Gasteiger partial charge in [0, 0.05) is 5.56 Å². The van der Waals surface area contributed by atoms with Crippen molar-refractivity contribution in [2.24, 2.45) is 5.92 Å². The lowest BCUT2D eigenvalue weighted by atomic mass is 9.91. The van der Waals surface area contributed by atoms with Gasteiger partial charge in [0.25, 0.3) is 11.7 Å². The van der Waals surface area contributed by atoms with Crippen LogP contribution in [-0.2, 0) is 16.1 Å². The fraction of sp³-hybridized carbons (Fsp3) is 0.226. The number of benzene rings is 3. The number of amides is 1. The largest absolute Gasteiger partial charge is 0.507 e. The molecule has 1 aromatic heterocycles. The molecule has 0 saturated carbocycles. The van der Waals surface area contributed by atoms with Crippen LogP contribution in [0.15, 0.2) is 89.0 Å². The molecule has 1 aliphatic heterocycles. The Bertz CT molecular complexity index is 1490. The number of hydrogen-bond acceptors (Lipinski definition) is 5. The van der Waals surface area contributed by atoms with Crippen molar-refractivity contribution in [2.75, 3.05) is 6.61 Å². The number of rotatable bonds is 7. The van der Waals surface area contributed by atoms with Crippen molar-refractivity contribution < 1.29 is 23.8 Å². The molecule has 3 aromatic carbocycles. The van der Waals surface area contributed by atoms with E-state index in [0.29, 0.717) is 29.6 Å². The zero-order valence-electron chi connectivity index (χ0n) is 21.1. The van der Waals surface area contributed by atoms with Gasteiger partial charge in [-0.3, -0.25) is 9.59 Å². The molecule has 0 aliphatic carbocycles. The molecule has 37 heavy (non-hydrogen) atoms. The SMILES string of the molecule is Cc1cc(/C(O)=C2/C(=O)C(=O)N(Cc3ccco3)C2c2cccc3ccccc23)ccc1OCC(C)C. The Labute approximate surface area is 215 Å². The second-order valence-electron chi connectivity index (χ2n) is 9.76. The highest BCUT2D eigenvalue weighted by molar-refractivity contribution is 6.46. The number of Topliss-reactive ketones (excluding diaryl/α,β-unsaturated/α-hetero) is 1. The maximum Gasteiger partial charge on any atom is 0.296 e. The lowest BCUT2D eigenvalue weighted by molar-refractivity contribution is -0.140. The molecule has 0 radical (unpaired) electrons. The maximum absolute atomic E-state index is 13.4. The summed E-state index contributed by atoms with van der Waals surface area (Å²) in [6, 6.07) is 21.6. The third-order valence-corrected chi connectivity index (χ3v) is 6.58. The van der Waals surface area contributed by atoms with Gasteiger partial charge in [0.1, 0.15) is 17.3 Å². The first-order valence-corrected chi connectivity index (χ1v) is 12.4. The van der Waals surface area contributed by atoms with Gasteiger partial charge >= 0.3 is 0 Å². The lowest BCUT2D eigenvalue weighted by Gasteiger charge is -2.25. The summed E-state index contributed by atoms with van der Waals surface area (Å²) in [5.74, 6) is 0.0306. The van der Waals surface area contributed by atoms with Gasteiger partial charge in [0.2, 0.25) is 0 Å². The smallest absolute Gasteiger partial charge is 0.296 e. The van der Waals surface area contributed by atoms with Gasteiger partial charge in [-0.2, -0.15) is 0 Å². The average molecular weight is 496 g/mol. The summed E-state index contributed by atoms with van der Waals surface area (Å²) in [6.45, 7) is 6.72. The molecule has 6 nitrogen and oxygen atoms in total. The quantitative estimate of drug-likeness (QED) is 0.182. The number of ketones is 1. The molecule has 1 fully saturated rings. The second kappa shape index (κ2) is 9.97. The maximum atomic E-state index is 13.4. The number of nitrogens with zero attached hydrogens (tertiary/aromatic N) is 1. The third-order valence-electron chi connectivity index (χ3n) is 6.58. The topological polar surface area (TPSA) is 80.0 Å². The van der Waals surface area contributed by atoms with Crippen LogP contribution in [-0.4, -0.2) is 28.3 Å². The lowest BCUT2D eigenvalue weighted by Crippen LogP contribution is -2.29. The Kier molecular flexibility index (Phi) is 6.57. The molecule has 2 heterocycles. The van der Waals surface area contributed by atoms with E-state index >= 15 is 0 Å². The van der Waals surface area contributed by atoms with Gasteiger partial charge in [-0.15, -0.1) is 0 Å². The number of aliphatic hydroxyl groups is 1. The first-order chi connectivity index (χ1) is 17.8. The fourth-order valence-corrected chi connectivity index (χ4v) is 4.80. The van der Waals surface area contributed by atoms with Crippen LogP contribution in [0.2, 0.25) is 0 Å². The van der Waals surface area contributed by atoms with E-state index in [2.05, 4.69) is 13.8 Å². The molecule has 1 atom stereocenters. The van der Waals surface area contributed by atoms with Gasteiger partial charge in [-0.25, -0.2) is 0 Å². The third kappa shape index (κ3) is 4.62. The van der Waals surface area contributed by atoms with Crippen LogP contribution in [0.25, 0.3) is 16.5 Å². The van der Waals surface area contributed by atoms with Crippen molar-refractivity contribution >= 4 is 28.2 Å². The standard InChI is InChI=1S/C31H29NO5/c1-19(2)18-37-26-14-13-22(16-20(26)3)29(33)27-28(25-12-6-9-21-8-4-5-11-24(21)25)32(31(35)30(27)34)17-23-10-7-15-36-23/h4-16,19,28,33H,17-18H2,1-3H3/b29-27-. The van der Waals surface area contributed by atoms with Crippen molar-refractivity contribution in [3.63, 3.8) is 0 Å². The number of aliphatic hydroxyl groups excluding tert-OH is 1. The normalized spacial score (nSPS) is 17.2. The first-order valence-electron chi connectivity index (χ1n) is 12.4. The predicted molar refractivity (Wildman–Crippen MR) is 142 cm³/mol. The number of carbonyl (C=O) groups is 2. The first kappa shape index (κ1) is 24.4. The number of fused-ring (bicyclic) bond motifs is 1. The Morgan fingerprint density at radius 2 is 1.81 bits per heavy atom. The summed E-state index contributed by atoms with van der Waals surface area (Å²) in [4.78, 5) is 28.3. The minimum absolute atomic E-state index is 0.0585. The highest BCUT2D eigenvalue weighted by atomic mass is 16.5. The molecule has 0 spiro atoms. The molecule has 1 N–H and O–H groups in total. The molecule has 6 heteroatoms. The molecule has 1 amide bonds. The zero-order chi connectivity index (χ0) is 26.1. The van der Waals surface area contributed by atoms with Crippen molar-refractivity contribution in [2.45, 2.75) is 33.4 Å². The van der Waals surface area contributed by atoms with Crippen LogP contribution < -0.4 is 4.74 Å². The van der Waals surface area contributed by atoms with E-state index < -0.39 is 17.7 Å². The minimum Gasteiger partial charge on any atom is -0.507 e. The fourth-order valence-electron chi connectivity index (χ4n) is 4.80. The van der Waals surface area contributed by atoms with Crippen LogP contribution in [0.5, 0.6) is 5.75 Å². The Morgan fingerprint density at radius 3 is 2.54 bits per heavy atom. The number of carbonyl (C=O) groups excluding carboxylic acids is 2.